The van der Waals surface area contributed by atoms with Crippen LogP contribution in [0, 0.1) is 11.3 Å². The van der Waals surface area contributed by atoms with Gasteiger partial charge in [0.25, 0.3) is 11.5 Å². The van der Waals surface area contributed by atoms with Crippen molar-refractivity contribution in [3.05, 3.63) is 64.1 Å². The SMILES string of the molecule is N#Cc1ccc(C(=O)Nc2ccc[nH]c2=O)cc1. The summed E-state index contributed by atoms with van der Waals surface area (Å²) < 4.78 is 0. The van der Waals surface area contributed by atoms with E-state index < -0.39 is 5.91 Å². The summed E-state index contributed by atoms with van der Waals surface area (Å²) >= 11 is 0. The number of hydrogen-bond acceptors (Lipinski definition) is 3. The van der Waals surface area contributed by atoms with E-state index in [0.29, 0.717) is 11.1 Å². The van der Waals surface area contributed by atoms with Crippen LogP contribution in [0.15, 0.2) is 47.4 Å². The Kier molecular flexibility index (Phi) is 3.21. The first kappa shape index (κ1) is 11.6. The van der Waals surface area contributed by atoms with Gasteiger partial charge >= 0.3 is 0 Å². The summed E-state index contributed by atoms with van der Waals surface area (Å²) in [6.07, 6.45) is 1.49. The first-order valence-corrected chi connectivity index (χ1v) is 5.20. The Balaban J connectivity index is 2.20. The second kappa shape index (κ2) is 4.97. The lowest BCUT2D eigenvalue weighted by Crippen LogP contribution is -2.19. The van der Waals surface area contributed by atoms with E-state index in [1.807, 2.05) is 6.07 Å². The highest BCUT2D eigenvalue weighted by molar-refractivity contribution is 6.04. The molecule has 0 bridgehead atoms. The van der Waals surface area contributed by atoms with Gasteiger partial charge in [0.2, 0.25) is 0 Å². The normalized spacial score (nSPS) is 9.50. The van der Waals surface area contributed by atoms with Crippen molar-refractivity contribution in [3.8, 4) is 6.07 Å². The van der Waals surface area contributed by atoms with Gasteiger partial charge < -0.3 is 10.3 Å². The number of nitriles is 1. The molecule has 0 aliphatic heterocycles. The maximum atomic E-state index is 11.8. The molecule has 0 unspecified atom stereocenters. The molecule has 88 valence electrons. The van der Waals surface area contributed by atoms with Crippen LogP contribution >= 0.6 is 0 Å². The molecular weight excluding hydrogens is 230 g/mol. The van der Waals surface area contributed by atoms with E-state index in [1.165, 1.54) is 24.4 Å². The molecule has 1 amide bonds. The van der Waals surface area contributed by atoms with Gasteiger partial charge in [-0.15, -0.1) is 0 Å². The van der Waals surface area contributed by atoms with Crippen molar-refractivity contribution >= 4 is 11.6 Å². The van der Waals surface area contributed by atoms with Gasteiger partial charge in [-0.25, -0.2) is 0 Å². The summed E-state index contributed by atoms with van der Waals surface area (Å²) in [7, 11) is 0. The molecule has 0 fully saturated rings. The quantitative estimate of drug-likeness (QED) is 0.832. The zero-order chi connectivity index (χ0) is 13.0. The standard InChI is InChI=1S/C13H9N3O2/c14-8-9-3-5-10(6-4-9)12(17)16-11-2-1-7-15-13(11)18/h1-7H,(H,15,18)(H,16,17). The number of amides is 1. The number of benzene rings is 1. The smallest absolute Gasteiger partial charge is 0.271 e. The highest BCUT2D eigenvalue weighted by atomic mass is 16.2. The number of rotatable bonds is 2. The number of aromatic amines is 1. The molecule has 1 aromatic heterocycles. The Bertz CT molecular complexity index is 666. The first-order valence-electron chi connectivity index (χ1n) is 5.20. The van der Waals surface area contributed by atoms with Crippen molar-refractivity contribution in [3.63, 3.8) is 0 Å². The van der Waals surface area contributed by atoms with Crippen LogP contribution in [0.3, 0.4) is 0 Å². The number of pyridine rings is 1. The summed E-state index contributed by atoms with van der Waals surface area (Å²) in [4.78, 5) is 25.7. The molecule has 0 aliphatic carbocycles. The molecule has 0 saturated heterocycles. The van der Waals surface area contributed by atoms with Crippen LogP contribution in [-0.4, -0.2) is 10.9 Å². The van der Waals surface area contributed by atoms with Gasteiger partial charge in [0.05, 0.1) is 11.6 Å². The van der Waals surface area contributed by atoms with Gasteiger partial charge in [-0.1, -0.05) is 0 Å². The predicted octanol–water partition coefficient (Wildman–Crippen LogP) is 1.50. The van der Waals surface area contributed by atoms with Crippen LogP contribution in [0.2, 0.25) is 0 Å². The lowest BCUT2D eigenvalue weighted by Gasteiger charge is -2.03. The molecular formula is C13H9N3O2. The number of nitrogens with zero attached hydrogens (tertiary/aromatic N) is 1. The van der Waals surface area contributed by atoms with Crippen molar-refractivity contribution in [2.24, 2.45) is 0 Å². The van der Waals surface area contributed by atoms with E-state index in [0.717, 1.165) is 0 Å². The third-order valence-electron chi connectivity index (χ3n) is 2.34. The summed E-state index contributed by atoms with van der Waals surface area (Å²) in [5, 5.41) is 11.1. The van der Waals surface area contributed by atoms with E-state index in [2.05, 4.69) is 10.3 Å². The highest BCUT2D eigenvalue weighted by Gasteiger charge is 2.07. The maximum Gasteiger partial charge on any atom is 0.271 e. The second-order valence-corrected chi connectivity index (χ2v) is 3.56. The summed E-state index contributed by atoms with van der Waals surface area (Å²) in [6.45, 7) is 0. The van der Waals surface area contributed by atoms with Crippen LogP contribution in [0.4, 0.5) is 5.69 Å². The third kappa shape index (κ3) is 2.44. The monoisotopic (exact) mass is 239 g/mol. The highest BCUT2D eigenvalue weighted by Crippen LogP contribution is 2.06. The Labute approximate surface area is 103 Å². The number of H-pyrrole nitrogens is 1. The molecule has 5 heteroatoms. The van der Waals surface area contributed by atoms with Crippen molar-refractivity contribution in [2.45, 2.75) is 0 Å². The molecule has 1 aromatic carbocycles. The largest absolute Gasteiger partial charge is 0.327 e. The van der Waals surface area contributed by atoms with Gasteiger partial charge in [0.1, 0.15) is 5.69 Å². The Morgan fingerprint density at radius 3 is 2.56 bits per heavy atom. The summed E-state index contributed by atoms with van der Waals surface area (Å²) in [6, 6.07) is 11.3. The van der Waals surface area contributed by atoms with Gasteiger partial charge in [-0.3, -0.25) is 9.59 Å². The number of aromatic nitrogens is 1. The van der Waals surface area contributed by atoms with E-state index in [-0.39, 0.29) is 11.2 Å². The number of nitrogens with one attached hydrogen (secondary N) is 2. The Morgan fingerprint density at radius 2 is 1.94 bits per heavy atom. The molecule has 18 heavy (non-hydrogen) atoms. The number of anilines is 1. The van der Waals surface area contributed by atoms with Crippen LogP contribution in [0.1, 0.15) is 15.9 Å². The average molecular weight is 239 g/mol. The minimum atomic E-state index is -0.392. The van der Waals surface area contributed by atoms with Gasteiger partial charge in [-0.05, 0) is 36.4 Å². The summed E-state index contributed by atoms with van der Waals surface area (Å²) in [5.74, 6) is -0.392. The molecule has 0 spiro atoms. The van der Waals surface area contributed by atoms with Crippen LogP contribution < -0.4 is 10.9 Å². The molecule has 1 heterocycles. The van der Waals surface area contributed by atoms with E-state index in [1.54, 1.807) is 18.2 Å². The molecule has 2 aromatic rings. The fourth-order valence-electron chi connectivity index (χ4n) is 1.41. The van der Waals surface area contributed by atoms with Gasteiger partial charge in [0, 0.05) is 11.8 Å². The topological polar surface area (TPSA) is 85.8 Å². The van der Waals surface area contributed by atoms with E-state index >= 15 is 0 Å². The molecule has 2 N–H and O–H groups in total. The van der Waals surface area contributed by atoms with E-state index in [9.17, 15) is 9.59 Å². The minimum absolute atomic E-state index is 0.187. The zero-order valence-electron chi connectivity index (χ0n) is 9.31. The van der Waals surface area contributed by atoms with E-state index in [4.69, 9.17) is 5.26 Å². The van der Waals surface area contributed by atoms with Crippen molar-refractivity contribution in [1.82, 2.24) is 4.98 Å². The lowest BCUT2D eigenvalue weighted by molar-refractivity contribution is 0.102. The minimum Gasteiger partial charge on any atom is -0.327 e. The number of carbonyl (C=O) groups excluding carboxylic acids is 1. The molecule has 0 saturated carbocycles. The predicted molar refractivity (Wildman–Crippen MR) is 66.2 cm³/mol. The Hall–Kier alpha value is -2.87. The number of hydrogen-bond donors (Lipinski definition) is 2. The van der Waals surface area contributed by atoms with Crippen molar-refractivity contribution in [2.75, 3.05) is 5.32 Å². The first-order chi connectivity index (χ1) is 8.70. The second-order valence-electron chi connectivity index (χ2n) is 3.56. The number of carbonyl (C=O) groups is 1. The maximum absolute atomic E-state index is 11.8. The molecule has 2 rings (SSSR count). The zero-order valence-corrected chi connectivity index (χ0v) is 9.31. The fraction of sp³-hybridized carbons (Fsp3) is 0. The lowest BCUT2D eigenvalue weighted by atomic mass is 10.1. The third-order valence-corrected chi connectivity index (χ3v) is 2.34. The molecule has 0 aliphatic rings. The summed E-state index contributed by atoms with van der Waals surface area (Å²) in [5.41, 5.74) is 0.688. The molecule has 5 nitrogen and oxygen atoms in total. The fourth-order valence-corrected chi connectivity index (χ4v) is 1.41. The van der Waals surface area contributed by atoms with Crippen LogP contribution in [0.25, 0.3) is 0 Å². The van der Waals surface area contributed by atoms with Crippen molar-refractivity contribution < 1.29 is 4.79 Å². The van der Waals surface area contributed by atoms with Gasteiger partial charge in [0.15, 0.2) is 0 Å². The van der Waals surface area contributed by atoms with Crippen LogP contribution in [-0.2, 0) is 0 Å². The molecule has 0 atom stereocenters. The Morgan fingerprint density at radius 1 is 1.22 bits per heavy atom. The van der Waals surface area contributed by atoms with Crippen LogP contribution in [0.5, 0.6) is 0 Å². The van der Waals surface area contributed by atoms with Gasteiger partial charge in [-0.2, -0.15) is 5.26 Å². The van der Waals surface area contributed by atoms with Crippen molar-refractivity contribution in [1.29, 1.82) is 5.26 Å². The molecule has 0 radical (unpaired) electrons. The average Bonchev–Trinajstić information content (AvgIpc) is 2.41.